The average molecular weight is 564 g/mol. The minimum absolute atomic E-state index is 0.0284. The number of carbonyl (C=O) groups excluding carboxylic acids is 1. The van der Waals surface area contributed by atoms with Gasteiger partial charge < -0.3 is 9.64 Å². The highest BCUT2D eigenvalue weighted by molar-refractivity contribution is 7.89. The van der Waals surface area contributed by atoms with Crippen LogP contribution in [0.25, 0.3) is 11.1 Å². The third kappa shape index (κ3) is 6.72. The Balaban J connectivity index is 1.79. The molecular formula is C23H25ClF3N3O4S2. The number of hydrogen-bond donors (Lipinski definition) is 1. The number of amides is 1. The van der Waals surface area contributed by atoms with Gasteiger partial charge >= 0.3 is 12.3 Å². The molecule has 3 rings (SSSR count). The molecule has 0 aromatic heterocycles. The Hall–Kier alpha value is -2.28. The summed E-state index contributed by atoms with van der Waals surface area (Å²) in [4.78, 5) is 13.8. The number of alkyl halides is 3. The molecule has 7 nitrogen and oxygen atoms in total. The summed E-state index contributed by atoms with van der Waals surface area (Å²) in [7, 11) is -4.00. The first-order valence-corrected chi connectivity index (χ1v) is 13.2. The topological polar surface area (TPSA) is 88.1 Å². The van der Waals surface area contributed by atoms with Gasteiger partial charge in [0.25, 0.3) is 0 Å². The van der Waals surface area contributed by atoms with Crippen molar-refractivity contribution in [3.05, 3.63) is 47.0 Å². The van der Waals surface area contributed by atoms with E-state index in [1.54, 1.807) is 20.8 Å². The van der Waals surface area contributed by atoms with E-state index in [4.69, 9.17) is 16.3 Å². The van der Waals surface area contributed by atoms with Crippen molar-refractivity contribution < 1.29 is 31.1 Å². The van der Waals surface area contributed by atoms with Crippen LogP contribution in [0.3, 0.4) is 0 Å². The molecule has 0 aliphatic carbocycles. The zero-order valence-corrected chi connectivity index (χ0v) is 22.1. The summed E-state index contributed by atoms with van der Waals surface area (Å²) < 4.78 is 77.9. The fourth-order valence-corrected chi connectivity index (χ4v) is 5.36. The number of carbonyl (C=O) groups is 1. The van der Waals surface area contributed by atoms with Gasteiger partial charge in [0.2, 0.25) is 10.0 Å². The number of ether oxygens (including phenoxy) is 1. The molecule has 0 radical (unpaired) electrons. The first-order valence-electron chi connectivity index (χ1n) is 11.0. The standard InChI is InChI=1S/C23H25ClF3N3O4S2/c1-22(2,3)34-21(31)30-10-4-5-16(30)13-28-36(32,33)17-8-6-14(7-9-17)20-18(23(25,26)27)11-15(29-35)12-19(20)24/h6-9,11-12,16,28H,4-5,10,13H2,1-3H3. The molecular weight excluding hydrogens is 539 g/mol. The van der Waals surface area contributed by atoms with Crippen molar-refractivity contribution in [3.63, 3.8) is 0 Å². The molecule has 1 heterocycles. The number of rotatable bonds is 6. The van der Waals surface area contributed by atoms with Crippen molar-refractivity contribution in [2.45, 2.75) is 56.3 Å². The molecule has 1 unspecified atom stereocenters. The van der Waals surface area contributed by atoms with Crippen molar-refractivity contribution in [1.82, 2.24) is 9.62 Å². The van der Waals surface area contributed by atoms with Crippen LogP contribution in [0, 0.1) is 0 Å². The second kappa shape index (κ2) is 10.6. The predicted molar refractivity (Wildman–Crippen MR) is 132 cm³/mol. The van der Waals surface area contributed by atoms with Gasteiger partial charge in [-0.05, 0) is 63.4 Å². The monoisotopic (exact) mass is 563 g/mol. The largest absolute Gasteiger partial charge is 0.444 e. The Labute approximate surface area is 218 Å². The van der Waals surface area contributed by atoms with E-state index in [1.165, 1.54) is 35.2 Å². The minimum atomic E-state index is -4.73. The number of halogens is 4. The van der Waals surface area contributed by atoms with Gasteiger partial charge in [0.05, 0.1) is 21.2 Å². The van der Waals surface area contributed by atoms with Crippen LogP contribution in [0.15, 0.2) is 45.7 Å². The fraction of sp³-hybridized carbons (Fsp3) is 0.435. The molecule has 2 aromatic carbocycles. The minimum Gasteiger partial charge on any atom is -0.444 e. The smallest absolute Gasteiger partial charge is 0.417 e. The predicted octanol–water partition coefficient (Wildman–Crippen LogP) is 6.07. The van der Waals surface area contributed by atoms with Gasteiger partial charge in [0.1, 0.15) is 5.60 Å². The Kier molecular flexibility index (Phi) is 8.33. The van der Waals surface area contributed by atoms with Crippen LogP contribution in [0.2, 0.25) is 5.02 Å². The van der Waals surface area contributed by atoms with E-state index in [0.29, 0.717) is 19.4 Å². The molecule has 1 amide bonds. The summed E-state index contributed by atoms with van der Waals surface area (Å²) in [6.07, 6.45) is -3.94. The quantitative estimate of drug-likeness (QED) is 0.461. The maximum Gasteiger partial charge on any atom is 0.417 e. The molecule has 1 saturated heterocycles. The molecule has 1 atom stereocenters. The number of likely N-dealkylation sites (tertiary alicyclic amines) is 1. The zero-order chi connectivity index (χ0) is 26.9. The average Bonchev–Trinajstić information content (AvgIpc) is 3.24. The maximum absolute atomic E-state index is 13.6. The molecule has 0 bridgehead atoms. The van der Waals surface area contributed by atoms with Crippen LogP contribution >= 0.6 is 11.6 Å². The Morgan fingerprint density at radius 1 is 1.22 bits per heavy atom. The highest BCUT2D eigenvalue weighted by atomic mass is 35.5. The summed E-state index contributed by atoms with van der Waals surface area (Å²) >= 11 is 10.6. The molecule has 1 aliphatic heterocycles. The summed E-state index contributed by atoms with van der Waals surface area (Å²) in [6.45, 7) is 5.66. The van der Waals surface area contributed by atoms with Gasteiger partial charge in [-0.15, -0.1) is 0 Å². The van der Waals surface area contributed by atoms with E-state index in [0.717, 1.165) is 6.07 Å². The molecule has 1 fully saturated rings. The normalized spacial score (nSPS) is 16.8. The fourth-order valence-electron chi connectivity index (χ4n) is 3.86. The lowest BCUT2D eigenvalue weighted by molar-refractivity contribution is -0.137. The molecule has 1 N–H and O–H groups in total. The van der Waals surface area contributed by atoms with Crippen molar-refractivity contribution in [2.24, 2.45) is 4.36 Å². The SMILES string of the molecule is CC(C)(C)OC(=O)N1CCCC1CNS(=O)(=O)c1ccc(-c2c(Cl)cc(N=S)cc2C(F)(F)F)cc1. The van der Waals surface area contributed by atoms with Gasteiger partial charge in [-0.3, -0.25) is 0 Å². The Morgan fingerprint density at radius 2 is 1.86 bits per heavy atom. The van der Waals surface area contributed by atoms with Crippen LogP contribution in [0.5, 0.6) is 0 Å². The van der Waals surface area contributed by atoms with Gasteiger partial charge in [0.15, 0.2) is 0 Å². The van der Waals surface area contributed by atoms with Crippen molar-refractivity contribution >= 4 is 45.8 Å². The van der Waals surface area contributed by atoms with Crippen LogP contribution in [0.4, 0.5) is 23.7 Å². The van der Waals surface area contributed by atoms with Crippen LogP contribution in [0.1, 0.15) is 39.2 Å². The lowest BCUT2D eigenvalue weighted by Crippen LogP contribution is -2.45. The molecule has 36 heavy (non-hydrogen) atoms. The number of benzene rings is 2. The summed E-state index contributed by atoms with van der Waals surface area (Å²) in [5.41, 5.74) is -2.05. The van der Waals surface area contributed by atoms with Crippen LogP contribution in [-0.2, 0) is 33.4 Å². The molecule has 0 saturated carbocycles. The third-order valence-corrected chi connectivity index (χ3v) is 7.40. The van der Waals surface area contributed by atoms with Gasteiger partial charge in [-0.2, -0.15) is 17.5 Å². The second-order valence-electron chi connectivity index (χ2n) is 9.29. The van der Waals surface area contributed by atoms with E-state index >= 15 is 0 Å². The highest BCUT2D eigenvalue weighted by Crippen LogP contribution is 2.43. The summed E-state index contributed by atoms with van der Waals surface area (Å²) in [5, 5.41) is -0.217. The lowest BCUT2D eigenvalue weighted by Gasteiger charge is -2.28. The molecule has 1 aliphatic rings. The first kappa shape index (κ1) is 28.3. The van der Waals surface area contributed by atoms with E-state index in [2.05, 4.69) is 21.5 Å². The third-order valence-electron chi connectivity index (χ3n) is 5.45. The maximum atomic E-state index is 13.6. The van der Waals surface area contributed by atoms with E-state index < -0.39 is 33.5 Å². The Bertz CT molecular complexity index is 1250. The van der Waals surface area contributed by atoms with Crippen LogP contribution in [-0.4, -0.2) is 44.1 Å². The molecule has 196 valence electrons. The van der Waals surface area contributed by atoms with Crippen LogP contribution < -0.4 is 4.72 Å². The van der Waals surface area contributed by atoms with E-state index in [9.17, 15) is 26.4 Å². The Morgan fingerprint density at radius 3 is 2.42 bits per heavy atom. The number of hydrogen-bond acceptors (Lipinski definition) is 6. The molecule has 13 heteroatoms. The number of nitrogens with zero attached hydrogens (tertiary/aromatic N) is 2. The van der Waals surface area contributed by atoms with E-state index in [1.807, 2.05) is 0 Å². The van der Waals surface area contributed by atoms with Gasteiger partial charge in [-0.25, -0.2) is 17.9 Å². The summed E-state index contributed by atoms with van der Waals surface area (Å²) in [6, 6.07) is 6.51. The van der Waals surface area contributed by atoms with Crippen molar-refractivity contribution in [2.75, 3.05) is 13.1 Å². The summed E-state index contributed by atoms with van der Waals surface area (Å²) in [5.74, 6) is 0. The van der Waals surface area contributed by atoms with Gasteiger partial charge in [0, 0.05) is 37.1 Å². The molecule has 0 spiro atoms. The van der Waals surface area contributed by atoms with E-state index in [-0.39, 0.29) is 39.3 Å². The first-order chi connectivity index (χ1) is 16.6. The molecule has 2 aromatic rings. The second-order valence-corrected chi connectivity index (χ2v) is 11.6. The highest BCUT2D eigenvalue weighted by Gasteiger charge is 2.36. The zero-order valence-electron chi connectivity index (χ0n) is 19.7. The number of sulfonamides is 1. The van der Waals surface area contributed by atoms with Crippen molar-refractivity contribution in [1.29, 1.82) is 0 Å². The van der Waals surface area contributed by atoms with Crippen molar-refractivity contribution in [3.8, 4) is 11.1 Å². The van der Waals surface area contributed by atoms with Gasteiger partial charge in [-0.1, -0.05) is 23.7 Å². The lowest BCUT2D eigenvalue weighted by atomic mass is 9.98. The number of nitrogens with one attached hydrogen (secondary N) is 1.